The lowest BCUT2D eigenvalue weighted by Crippen LogP contribution is -2.34. The second-order valence-corrected chi connectivity index (χ2v) is 11.2. The number of pyridine rings is 1. The molecule has 0 radical (unpaired) electrons. The Labute approximate surface area is 251 Å². The van der Waals surface area contributed by atoms with Gasteiger partial charge in [0.05, 0.1) is 29.1 Å². The molecule has 2 aliphatic rings. The molecule has 4 aromatic rings. The molecule has 234 valence electrons. The summed E-state index contributed by atoms with van der Waals surface area (Å²) in [6.07, 6.45) is -3.86. The van der Waals surface area contributed by atoms with Gasteiger partial charge in [0, 0.05) is 23.4 Å². The monoisotopic (exact) mass is 629 g/mol. The smallest absolute Gasteiger partial charge is 0.386 e. The average Bonchev–Trinajstić information content (AvgIpc) is 3.38. The highest BCUT2D eigenvalue weighted by molar-refractivity contribution is 5.94. The highest BCUT2D eigenvalue weighted by atomic mass is 19.4. The van der Waals surface area contributed by atoms with Gasteiger partial charge in [0.2, 0.25) is 5.91 Å². The van der Waals surface area contributed by atoms with Crippen molar-refractivity contribution >= 4 is 11.8 Å². The van der Waals surface area contributed by atoms with E-state index in [9.17, 15) is 41.0 Å². The van der Waals surface area contributed by atoms with Gasteiger partial charge in [0.25, 0.3) is 5.91 Å². The van der Waals surface area contributed by atoms with E-state index in [4.69, 9.17) is 5.73 Å². The van der Waals surface area contributed by atoms with Crippen molar-refractivity contribution in [3.8, 4) is 11.1 Å². The number of alkyl halides is 3. The second-order valence-electron chi connectivity index (χ2n) is 11.2. The lowest BCUT2D eigenvalue weighted by Gasteiger charge is -2.33. The molecule has 1 saturated carbocycles. The van der Waals surface area contributed by atoms with Crippen LogP contribution in [-0.2, 0) is 23.9 Å². The Kier molecular flexibility index (Phi) is 7.63. The number of carbonyl (C=O) groups is 2. The largest absolute Gasteiger partial charge is 0.435 e. The van der Waals surface area contributed by atoms with Gasteiger partial charge in [0.1, 0.15) is 24.0 Å². The minimum absolute atomic E-state index is 0.0578. The summed E-state index contributed by atoms with van der Waals surface area (Å²) in [4.78, 5) is 29.6. The van der Waals surface area contributed by atoms with Crippen molar-refractivity contribution in [1.29, 1.82) is 0 Å². The number of aliphatic hydroxyl groups is 1. The minimum Gasteiger partial charge on any atom is -0.386 e. The van der Waals surface area contributed by atoms with Crippen LogP contribution in [0.1, 0.15) is 69.5 Å². The maximum absolute atomic E-state index is 14.2. The summed E-state index contributed by atoms with van der Waals surface area (Å²) in [5.74, 6) is -5.36. The molecule has 8 nitrogen and oxygen atoms in total. The fourth-order valence-electron chi connectivity index (χ4n) is 6.34. The molecule has 1 fully saturated rings. The van der Waals surface area contributed by atoms with Gasteiger partial charge in [-0.3, -0.25) is 19.3 Å². The second kappa shape index (κ2) is 11.3. The van der Waals surface area contributed by atoms with Crippen LogP contribution in [0.4, 0.5) is 26.3 Å². The van der Waals surface area contributed by atoms with Crippen molar-refractivity contribution in [2.75, 3.05) is 0 Å². The number of hydrogen-bond donors (Lipinski definition) is 3. The first-order valence-electron chi connectivity index (χ1n) is 14.0. The maximum Gasteiger partial charge on any atom is 0.435 e. The Morgan fingerprint density at radius 3 is 2.44 bits per heavy atom. The first-order chi connectivity index (χ1) is 21.3. The van der Waals surface area contributed by atoms with Crippen molar-refractivity contribution in [2.24, 2.45) is 11.7 Å². The first-order valence-corrected chi connectivity index (χ1v) is 14.0. The van der Waals surface area contributed by atoms with E-state index in [2.05, 4.69) is 15.4 Å². The molecule has 4 atom stereocenters. The van der Waals surface area contributed by atoms with Crippen molar-refractivity contribution in [2.45, 2.75) is 50.0 Å². The molecular weight excluding hydrogens is 604 g/mol. The molecule has 14 heteroatoms. The van der Waals surface area contributed by atoms with Crippen molar-refractivity contribution in [3.63, 3.8) is 0 Å². The number of nitrogens with zero attached hydrogens (tertiary/aromatic N) is 3. The van der Waals surface area contributed by atoms with E-state index >= 15 is 0 Å². The van der Waals surface area contributed by atoms with Crippen LogP contribution in [0.3, 0.4) is 0 Å². The molecule has 4 unspecified atom stereocenters. The average molecular weight is 630 g/mol. The van der Waals surface area contributed by atoms with E-state index in [1.54, 1.807) is 6.07 Å². The standard InChI is InChI=1S/C31H25F6N5O3/c32-16-8-14(9-17(33)12-16)10-23(26-18(2-1-7-39-26)15-3-6-22(34)21(11-15)30(38)45)40-24(43)13-42-27-25(29(41-42)31(35,36)37)19-4-5-20(19)28(27)44/h1-3,6-9,11-12,19-20,23,28,44H,4-5,10,13H2,(H2,38,45)(H,40,43). The van der Waals surface area contributed by atoms with Gasteiger partial charge in [-0.1, -0.05) is 12.1 Å². The first kappa shape index (κ1) is 30.3. The number of carbonyl (C=O) groups excluding carboxylic acids is 2. The van der Waals surface area contributed by atoms with Gasteiger partial charge in [-0.25, -0.2) is 13.2 Å². The molecule has 2 aliphatic carbocycles. The Morgan fingerprint density at radius 1 is 1.07 bits per heavy atom. The van der Waals surface area contributed by atoms with E-state index < -0.39 is 71.3 Å². The maximum atomic E-state index is 14.2. The SMILES string of the molecule is NC(=O)c1cc(-c2cccnc2C(Cc2cc(F)cc(F)c2)NC(=O)Cn2nc(C(F)(F)F)c3c2C(O)C2CCC32)ccc1F. The zero-order valence-corrected chi connectivity index (χ0v) is 23.3. The van der Waals surface area contributed by atoms with Crippen molar-refractivity contribution < 1.29 is 41.0 Å². The molecule has 4 N–H and O–H groups in total. The predicted octanol–water partition coefficient (Wildman–Crippen LogP) is 5.12. The molecule has 6 rings (SSSR count). The lowest BCUT2D eigenvalue weighted by molar-refractivity contribution is -0.143. The normalized spacial score (nSPS) is 19.4. The van der Waals surface area contributed by atoms with Gasteiger partial charge in [-0.05, 0) is 72.6 Å². The molecule has 2 aromatic heterocycles. The summed E-state index contributed by atoms with van der Waals surface area (Å²) in [6.45, 7) is -0.701. The van der Waals surface area contributed by atoms with Crippen LogP contribution in [0.25, 0.3) is 11.1 Å². The third kappa shape index (κ3) is 5.65. The summed E-state index contributed by atoms with van der Waals surface area (Å²) in [6, 6.07) is 8.32. The fraction of sp³-hybridized carbons (Fsp3) is 0.290. The zero-order chi connectivity index (χ0) is 32.2. The summed E-state index contributed by atoms with van der Waals surface area (Å²) in [5, 5.41) is 17.2. The molecule has 2 aromatic carbocycles. The van der Waals surface area contributed by atoms with Crippen LogP contribution in [0, 0.1) is 23.4 Å². The Bertz CT molecular complexity index is 1800. The number of primary amides is 1. The topological polar surface area (TPSA) is 123 Å². The van der Waals surface area contributed by atoms with Gasteiger partial charge in [-0.2, -0.15) is 18.3 Å². The third-order valence-corrected chi connectivity index (χ3v) is 8.38. The molecular formula is C31H25F6N5O3. The van der Waals surface area contributed by atoms with Crippen LogP contribution in [0.15, 0.2) is 54.7 Å². The van der Waals surface area contributed by atoms with E-state index in [0.717, 1.165) is 22.9 Å². The number of benzene rings is 2. The molecule has 0 bridgehead atoms. The van der Waals surface area contributed by atoms with Crippen LogP contribution >= 0.6 is 0 Å². The summed E-state index contributed by atoms with van der Waals surface area (Å²) >= 11 is 0. The van der Waals surface area contributed by atoms with Gasteiger partial charge in [0.15, 0.2) is 5.69 Å². The van der Waals surface area contributed by atoms with Gasteiger partial charge >= 0.3 is 6.18 Å². The van der Waals surface area contributed by atoms with E-state index in [1.165, 1.54) is 24.4 Å². The highest BCUT2D eigenvalue weighted by Crippen LogP contribution is 2.59. The Balaban J connectivity index is 1.37. The third-order valence-electron chi connectivity index (χ3n) is 8.38. The molecule has 0 aliphatic heterocycles. The number of halogens is 6. The van der Waals surface area contributed by atoms with Crippen molar-refractivity contribution in [1.82, 2.24) is 20.1 Å². The number of aliphatic hydroxyl groups excluding tert-OH is 1. The number of rotatable bonds is 8. The lowest BCUT2D eigenvalue weighted by atomic mass is 9.73. The van der Waals surface area contributed by atoms with Crippen molar-refractivity contribution in [3.05, 3.63) is 106 Å². The number of amides is 2. The number of nitrogens with two attached hydrogens (primary N) is 1. The molecule has 2 heterocycles. The summed E-state index contributed by atoms with van der Waals surface area (Å²) < 4.78 is 85.1. The van der Waals surface area contributed by atoms with E-state index in [1.807, 2.05) is 0 Å². The molecule has 0 saturated heterocycles. The van der Waals surface area contributed by atoms with Crippen LogP contribution in [-0.4, -0.2) is 31.7 Å². The van der Waals surface area contributed by atoms with Crippen LogP contribution in [0.2, 0.25) is 0 Å². The molecule has 2 amide bonds. The number of nitrogens with one attached hydrogen (secondary N) is 1. The number of hydrogen-bond acceptors (Lipinski definition) is 5. The Morgan fingerprint density at radius 2 is 1.80 bits per heavy atom. The van der Waals surface area contributed by atoms with Gasteiger partial charge < -0.3 is 16.2 Å². The van der Waals surface area contributed by atoms with Gasteiger partial charge in [-0.15, -0.1) is 0 Å². The van der Waals surface area contributed by atoms with E-state index in [-0.39, 0.29) is 40.4 Å². The number of aromatic nitrogens is 3. The van der Waals surface area contributed by atoms with Crippen LogP contribution in [0.5, 0.6) is 0 Å². The molecule has 0 spiro atoms. The predicted molar refractivity (Wildman–Crippen MR) is 147 cm³/mol. The summed E-state index contributed by atoms with van der Waals surface area (Å²) in [7, 11) is 0. The van der Waals surface area contributed by atoms with E-state index in [0.29, 0.717) is 24.5 Å². The molecule has 45 heavy (non-hydrogen) atoms. The highest BCUT2D eigenvalue weighted by Gasteiger charge is 2.54. The minimum atomic E-state index is -4.80. The number of fused-ring (bicyclic) bond motifs is 3. The summed E-state index contributed by atoms with van der Waals surface area (Å²) in [5.41, 5.74) is 4.48. The van der Waals surface area contributed by atoms with Crippen LogP contribution < -0.4 is 11.1 Å². The zero-order valence-electron chi connectivity index (χ0n) is 23.3. The fourth-order valence-corrected chi connectivity index (χ4v) is 6.34. The Hall–Kier alpha value is -4.72. The quantitative estimate of drug-likeness (QED) is 0.234.